The predicted octanol–water partition coefficient (Wildman–Crippen LogP) is 5.90. The van der Waals surface area contributed by atoms with Crippen LogP contribution in [-0.4, -0.2) is 6.04 Å². The molecular weight excluding hydrogens is 254 g/mol. The minimum atomic E-state index is 0.227. The van der Waals surface area contributed by atoms with Crippen LogP contribution >= 0.6 is 0 Å². The first-order valence-corrected chi connectivity index (χ1v) is 9.00. The third kappa shape index (κ3) is 7.00. The Labute approximate surface area is 134 Å². The lowest BCUT2D eigenvalue weighted by Crippen LogP contribution is -2.44. The largest absolute Gasteiger partial charge is 0.327 e. The summed E-state index contributed by atoms with van der Waals surface area (Å²) in [4.78, 5) is 0. The number of hydrogen-bond donors (Lipinski definition) is 1. The van der Waals surface area contributed by atoms with E-state index in [0.717, 1.165) is 11.8 Å². The summed E-state index contributed by atoms with van der Waals surface area (Å²) in [5.74, 6) is 3.85. The molecule has 126 valence electrons. The molecule has 0 amide bonds. The zero-order valence-electron chi connectivity index (χ0n) is 15.9. The van der Waals surface area contributed by atoms with Crippen molar-refractivity contribution >= 4 is 0 Å². The maximum Gasteiger partial charge on any atom is 0.0135 e. The van der Waals surface area contributed by atoms with Gasteiger partial charge in [0.1, 0.15) is 0 Å². The zero-order valence-corrected chi connectivity index (χ0v) is 15.9. The Bertz CT molecular complexity index is 292. The first kappa shape index (κ1) is 20.7. The van der Waals surface area contributed by atoms with E-state index in [4.69, 9.17) is 5.73 Å². The molecular formula is C20H41N. The lowest BCUT2D eigenvalue weighted by atomic mass is 9.69. The van der Waals surface area contributed by atoms with E-state index in [9.17, 15) is 0 Å². The van der Waals surface area contributed by atoms with Gasteiger partial charge in [-0.05, 0) is 42.4 Å². The van der Waals surface area contributed by atoms with Gasteiger partial charge in [-0.15, -0.1) is 0 Å². The lowest BCUT2D eigenvalue weighted by molar-refractivity contribution is 0.145. The summed E-state index contributed by atoms with van der Waals surface area (Å²) < 4.78 is 0. The van der Waals surface area contributed by atoms with Gasteiger partial charge in [-0.25, -0.2) is 0 Å². The molecule has 0 rings (SSSR count). The van der Waals surface area contributed by atoms with E-state index in [0.29, 0.717) is 23.7 Å². The van der Waals surface area contributed by atoms with E-state index >= 15 is 0 Å². The van der Waals surface area contributed by atoms with Crippen molar-refractivity contribution in [2.45, 2.75) is 80.7 Å². The first-order valence-electron chi connectivity index (χ1n) is 9.00. The second-order valence-corrected chi connectivity index (χ2v) is 8.19. The molecule has 1 nitrogen and oxygen atoms in total. The monoisotopic (exact) mass is 295 g/mol. The number of rotatable bonds is 10. The van der Waals surface area contributed by atoms with E-state index in [1.165, 1.54) is 24.8 Å². The van der Waals surface area contributed by atoms with Crippen LogP contribution in [0.15, 0.2) is 12.2 Å². The van der Waals surface area contributed by atoms with Gasteiger partial charge >= 0.3 is 0 Å². The fraction of sp³-hybridized carbons (Fsp3) is 0.900. The van der Waals surface area contributed by atoms with Crippen LogP contribution in [0.3, 0.4) is 0 Å². The highest BCUT2D eigenvalue weighted by molar-refractivity contribution is 5.01. The van der Waals surface area contributed by atoms with Crippen LogP contribution < -0.4 is 5.73 Å². The van der Waals surface area contributed by atoms with E-state index in [-0.39, 0.29) is 6.04 Å². The van der Waals surface area contributed by atoms with E-state index in [1.54, 1.807) is 0 Å². The van der Waals surface area contributed by atoms with Gasteiger partial charge in [0, 0.05) is 6.04 Å². The van der Waals surface area contributed by atoms with Crippen molar-refractivity contribution in [1.82, 2.24) is 0 Å². The Morgan fingerprint density at radius 1 is 0.952 bits per heavy atom. The molecule has 1 heteroatoms. The molecule has 0 bridgehead atoms. The van der Waals surface area contributed by atoms with Crippen molar-refractivity contribution in [3.05, 3.63) is 12.2 Å². The van der Waals surface area contributed by atoms with Crippen molar-refractivity contribution in [2.24, 2.45) is 41.2 Å². The summed E-state index contributed by atoms with van der Waals surface area (Å²) in [6.45, 7) is 22.6. The van der Waals surface area contributed by atoms with Gasteiger partial charge in [0.25, 0.3) is 0 Å². The highest BCUT2D eigenvalue weighted by atomic mass is 14.7. The van der Waals surface area contributed by atoms with Crippen LogP contribution in [0, 0.1) is 35.5 Å². The van der Waals surface area contributed by atoms with E-state index < -0.39 is 0 Å². The molecule has 5 unspecified atom stereocenters. The Morgan fingerprint density at radius 3 is 1.86 bits per heavy atom. The third-order valence-corrected chi connectivity index (χ3v) is 5.51. The van der Waals surface area contributed by atoms with E-state index in [2.05, 4.69) is 62.0 Å². The number of nitrogens with two attached hydrogens (primary N) is 1. The topological polar surface area (TPSA) is 26.0 Å². The molecule has 5 atom stereocenters. The standard InChI is InChI=1S/C20H41N/c1-13(2)11-10-12-16(7)18(9)19(15(5)6)20(21)17(8)14(3)4/h13,15-20H,3,10-12,21H2,1-2,4-9H3. The summed E-state index contributed by atoms with van der Waals surface area (Å²) >= 11 is 0. The van der Waals surface area contributed by atoms with Gasteiger partial charge in [0.15, 0.2) is 0 Å². The molecule has 21 heavy (non-hydrogen) atoms. The first-order chi connectivity index (χ1) is 9.59. The molecule has 0 fully saturated rings. The van der Waals surface area contributed by atoms with Gasteiger partial charge in [-0.3, -0.25) is 0 Å². The van der Waals surface area contributed by atoms with Crippen LogP contribution in [0.4, 0.5) is 0 Å². The zero-order chi connectivity index (χ0) is 16.7. The molecule has 0 aromatic carbocycles. The second-order valence-electron chi connectivity index (χ2n) is 8.19. The van der Waals surface area contributed by atoms with Crippen molar-refractivity contribution in [1.29, 1.82) is 0 Å². The highest BCUT2D eigenvalue weighted by Crippen LogP contribution is 2.35. The Hall–Kier alpha value is -0.300. The fourth-order valence-corrected chi connectivity index (χ4v) is 3.55. The summed E-state index contributed by atoms with van der Waals surface area (Å²) in [7, 11) is 0. The van der Waals surface area contributed by atoms with Crippen LogP contribution in [0.2, 0.25) is 0 Å². The molecule has 0 aliphatic heterocycles. The third-order valence-electron chi connectivity index (χ3n) is 5.51. The van der Waals surface area contributed by atoms with Crippen molar-refractivity contribution < 1.29 is 0 Å². The van der Waals surface area contributed by atoms with Crippen LogP contribution in [-0.2, 0) is 0 Å². The summed E-state index contributed by atoms with van der Waals surface area (Å²) in [5.41, 5.74) is 7.83. The Balaban J connectivity index is 4.74. The molecule has 0 saturated heterocycles. The summed E-state index contributed by atoms with van der Waals surface area (Å²) in [5, 5.41) is 0. The minimum absolute atomic E-state index is 0.227. The number of hydrogen-bond acceptors (Lipinski definition) is 1. The summed E-state index contributed by atoms with van der Waals surface area (Å²) in [6, 6.07) is 0.227. The van der Waals surface area contributed by atoms with Crippen LogP contribution in [0.1, 0.15) is 74.7 Å². The molecule has 0 radical (unpaired) electrons. The quantitative estimate of drug-likeness (QED) is 0.499. The van der Waals surface area contributed by atoms with Crippen LogP contribution in [0.5, 0.6) is 0 Å². The molecule has 0 aromatic rings. The average molecular weight is 296 g/mol. The van der Waals surface area contributed by atoms with Crippen molar-refractivity contribution in [3.63, 3.8) is 0 Å². The average Bonchev–Trinajstić information content (AvgIpc) is 2.36. The molecule has 0 spiro atoms. The minimum Gasteiger partial charge on any atom is -0.327 e. The van der Waals surface area contributed by atoms with Crippen molar-refractivity contribution in [2.75, 3.05) is 0 Å². The fourth-order valence-electron chi connectivity index (χ4n) is 3.55. The van der Waals surface area contributed by atoms with Crippen molar-refractivity contribution in [3.8, 4) is 0 Å². The smallest absolute Gasteiger partial charge is 0.0135 e. The lowest BCUT2D eigenvalue weighted by Gasteiger charge is -2.39. The summed E-state index contributed by atoms with van der Waals surface area (Å²) in [6.07, 6.45) is 4.02. The molecule has 0 heterocycles. The van der Waals surface area contributed by atoms with Crippen LogP contribution in [0.25, 0.3) is 0 Å². The normalized spacial score (nSPS) is 19.4. The molecule has 2 N–H and O–H groups in total. The maximum atomic E-state index is 6.62. The van der Waals surface area contributed by atoms with Gasteiger partial charge in [-0.1, -0.05) is 79.9 Å². The predicted molar refractivity (Wildman–Crippen MR) is 97.3 cm³/mol. The van der Waals surface area contributed by atoms with E-state index in [1.807, 2.05) is 0 Å². The van der Waals surface area contributed by atoms with Gasteiger partial charge in [0.05, 0.1) is 0 Å². The van der Waals surface area contributed by atoms with Gasteiger partial charge < -0.3 is 5.73 Å². The molecule has 0 aromatic heterocycles. The molecule has 0 aliphatic rings. The highest BCUT2D eigenvalue weighted by Gasteiger charge is 2.33. The molecule has 0 aliphatic carbocycles. The SMILES string of the molecule is C=C(C)C(C)C(N)C(C(C)C)C(C)C(C)CCCC(C)C. The Morgan fingerprint density at radius 2 is 1.48 bits per heavy atom. The van der Waals surface area contributed by atoms with Gasteiger partial charge in [-0.2, -0.15) is 0 Å². The second kappa shape index (κ2) is 9.66. The van der Waals surface area contributed by atoms with Gasteiger partial charge in [0.2, 0.25) is 0 Å². The molecule has 0 saturated carbocycles. The Kier molecular flexibility index (Phi) is 9.53. The maximum absolute atomic E-state index is 6.62.